The van der Waals surface area contributed by atoms with Crippen LogP contribution in [0, 0.1) is 12.7 Å². The van der Waals surface area contributed by atoms with E-state index in [1.54, 1.807) is 12.1 Å². The van der Waals surface area contributed by atoms with Crippen molar-refractivity contribution >= 4 is 5.91 Å². The third-order valence-corrected chi connectivity index (χ3v) is 4.46. The van der Waals surface area contributed by atoms with Crippen molar-refractivity contribution in [1.29, 1.82) is 0 Å². The zero-order valence-electron chi connectivity index (χ0n) is 14.1. The maximum atomic E-state index is 13.2. The van der Waals surface area contributed by atoms with Crippen molar-refractivity contribution in [2.75, 3.05) is 0 Å². The Bertz CT molecular complexity index is 710. The number of rotatable bonds is 6. The van der Waals surface area contributed by atoms with E-state index < -0.39 is 6.04 Å². The van der Waals surface area contributed by atoms with E-state index in [4.69, 9.17) is 0 Å². The number of halogens is 1. The van der Waals surface area contributed by atoms with E-state index in [1.165, 1.54) is 17.7 Å². The highest BCUT2D eigenvalue weighted by molar-refractivity contribution is 5.83. The molecule has 4 heteroatoms. The van der Waals surface area contributed by atoms with Crippen LogP contribution in [-0.2, 0) is 4.79 Å². The van der Waals surface area contributed by atoms with Crippen molar-refractivity contribution in [3.8, 4) is 0 Å². The fraction of sp³-hybridized carbons (Fsp3) is 0.350. The lowest BCUT2D eigenvalue weighted by molar-refractivity contribution is -0.123. The Kier molecular flexibility index (Phi) is 4.95. The SMILES string of the molecule is Cc1ccccc1[C@@H](C)N[C@@H](C(=O)NC1CC1)c1ccc(F)cc1. The van der Waals surface area contributed by atoms with Gasteiger partial charge in [-0.05, 0) is 55.5 Å². The number of amides is 1. The maximum Gasteiger partial charge on any atom is 0.241 e. The molecule has 0 bridgehead atoms. The molecule has 2 atom stereocenters. The second kappa shape index (κ2) is 7.14. The average molecular weight is 326 g/mol. The van der Waals surface area contributed by atoms with E-state index in [9.17, 15) is 9.18 Å². The minimum atomic E-state index is -0.499. The van der Waals surface area contributed by atoms with E-state index in [0.717, 1.165) is 24.0 Å². The molecule has 0 aromatic heterocycles. The first-order valence-electron chi connectivity index (χ1n) is 8.42. The molecule has 24 heavy (non-hydrogen) atoms. The summed E-state index contributed by atoms with van der Waals surface area (Å²) in [5.41, 5.74) is 3.11. The molecule has 1 fully saturated rings. The largest absolute Gasteiger partial charge is 0.352 e. The summed E-state index contributed by atoms with van der Waals surface area (Å²) < 4.78 is 13.2. The van der Waals surface area contributed by atoms with Gasteiger partial charge in [0.25, 0.3) is 0 Å². The molecule has 2 aromatic carbocycles. The van der Waals surface area contributed by atoms with Gasteiger partial charge in [0, 0.05) is 12.1 Å². The molecule has 2 aromatic rings. The van der Waals surface area contributed by atoms with E-state index >= 15 is 0 Å². The Morgan fingerprint density at radius 2 is 1.79 bits per heavy atom. The van der Waals surface area contributed by atoms with Crippen LogP contribution >= 0.6 is 0 Å². The molecule has 1 saturated carbocycles. The van der Waals surface area contributed by atoms with Crippen LogP contribution in [0.25, 0.3) is 0 Å². The normalized spacial score (nSPS) is 16.5. The highest BCUT2D eigenvalue weighted by Crippen LogP contribution is 2.25. The standard InChI is InChI=1S/C20H23FN2O/c1-13-5-3-4-6-18(13)14(2)22-19(20(24)23-17-11-12-17)15-7-9-16(21)10-8-15/h3-10,14,17,19,22H,11-12H2,1-2H3,(H,23,24)/t14-,19-/m1/s1. The smallest absolute Gasteiger partial charge is 0.241 e. The Morgan fingerprint density at radius 1 is 1.12 bits per heavy atom. The van der Waals surface area contributed by atoms with Gasteiger partial charge in [0.2, 0.25) is 5.91 Å². The van der Waals surface area contributed by atoms with Crippen molar-refractivity contribution in [1.82, 2.24) is 10.6 Å². The number of aryl methyl sites for hydroxylation is 1. The van der Waals surface area contributed by atoms with E-state index in [-0.39, 0.29) is 23.8 Å². The Morgan fingerprint density at radius 3 is 2.42 bits per heavy atom. The molecule has 0 unspecified atom stereocenters. The molecule has 0 radical (unpaired) electrons. The molecular weight excluding hydrogens is 303 g/mol. The molecule has 1 aliphatic rings. The quantitative estimate of drug-likeness (QED) is 0.847. The lowest BCUT2D eigenvalue weighted by Crippen LogP contribution is -2.39. The van der Waals surface area contributed by atoms with Gasteiger partial charge in [-0.1, -0.05) is 36.4 Å². The minimum Gasteiger partial charge on any atom is -0.352 e. The first-order valence-corrected chi connectivity index (χ1v) is 8.42. The molecule has 0 spiro atoms. The van der Waals surface area contributed by atoms with Gasteiger partial charge in [-0.15, -0.1) is 0 Å². The highest BCUT2D eigenvalue weighted by atomic mass is 19.1. The van der Waals surface area contributed by atoms with E-state index in [2.05, 4.69) is 29.7 Å². The average Bonchev–Trinajstić information content (AvgIpc) is 3.37. The van der Waals surface area contributed by atoms with Crippen molar-refractivity contribution in [2.45, 2.75) is 44.8 Å². The molecule has 126 valence electrons. The molecule has 0 heterocycles. The molecule has 0 aliphatic heterocycles. The molecule has 3 nitrogen and oxygen atoms in total. The molecule has 3 rings (SSSR count). The lowest BCUT2D eigenvalue weighted by atomic mass is 9.99. The minimum absolute atomic E-state index is 0.00575. The predicted molar refractivity (Wildman–Crippen MR) is 93.0 cm³/mol. The summed E-state index contributed by atoms with van der Waals surface area (Å²) in [5.74, 6) is -0.350. The van der Waals surface area contributed by atoms with Crippen LogP contribution in [0.4, 0.5) is 4.39 Å². The molecule has 2 N–H and O–H groups in total. The van der Waals surface area contributed by atoms with Gasteiger partial charge >= 0.3 is 0 Å². The van der Waals surface area contributed by atoms with Crippen LogP contribution in [-0.4, -0.2) is 11.9 Å². The van der Waals surface area contributed by atoms with E-state index in [1.807, 2.05) is 19.1 Å². The van der Waals surface area contributed by atoms with Gasteiger partial charge in [-0.25, -0.2) is 4.39 Å². The third kappa shape index (κ3) is 4.01. The predicted octanol–water partition coefficient (Wildman–Crippen LogP) is 3.80. The topological polar surface area (TPSA) is 41.1 Å². The van der Waals surface area contributed by atoms with Gasteiger partial charge < -0.3 is 5.32 Å². The first kappa shape index (κ1) is 16.7. The summed E-state index contributed by atoms with van der Waals surface area (Å²) in [4.78, 5) is 12.7. The monoisotopic (exact) mass is 326 g/mol. The van der Waals surface area contributed by atoms with Crippen LogP contribution in [0.1, 0.15) is 48.5 Å². The number of nitrogens with one attached hydrogen (secondary N) is 2. The summed E-state index contributed by atoms with van der Waals surface area (Å²) in [6.07, 6.45) is 2.07. The summed E-state index contributed by atoms with van der Waals surface area (Å²) in [7, 11) is 0. The fourth-order valence-corrected chi connectivity index (χ4v) is 2.90. The second-order valence-electron chi connectivity index (χ2n) is 6.51. The Labute approximate surface area is 142 Å². The number of hydrogen-bond donors (Lipinski definition) is 2. The maximum absolute atomic E-state index is 13.2. The molecule has 0 saturated heterocycles. The summed E-state index contributed by atoms with van der Waals surface area (Å²) in [6, 6.07) is 14.1. The van der Waals surface area contributed by atoms with Crippen molar-refractivity contribution in [3.63, 3.8) is 0 Å². The molecular formula is C20H23FN2O. The zero-order chi connectivity index (χ0) is 17.1. The molecule has 1 amide bonds. The molecule has 1 aliphatic carbocycles. The van der Waals surface area contributed by atoms with Gasteiger partial charge in [-0.3, -0.25) is 10.1 Å². The number of carbonyl (C=O) groups is 1. The van der Waals surface area contributed by atoms with Gasteiger partial charge in [0.05, 0.1) is 0 Å². The summed E-state index contributed by atoms with van der Waals surface area (Å²) >= 11 is 0. The van der Waals surface area contributed by atoms with Crippen molar-refractivity contribution < 1.29 is 9.18 Å². The van der Waals surface area contributed by atoms with E-state index in [0.29, 0.717) is 0 Å². The first-order chi connectivity index (χ1) is 11.5. The van der Waals surface area contributed by atoms with Crippen LogP contribution in [0.2, 0.25) is 0 Å². The summed E-state index contributed by atoms with van der Waals surface area (Å²) in [5, 5.41) is 6.45. The van der Waals surface area contributed by atoms with Crippen molar-refractivity contribution in [3.05, 3.63) is 71.0 Å². The van der Waals surface area contributed by atoms with Gasteiger partial charge in [-0.2, -0.15) is 0 Å². The van der Waals surface area contributed by atoms with Crippen LogP contribution < -0.4 is 10.6 Å². The Balaban J connectivity index is 1.82. The van der Waals surface area contributed by atoms with Crippen LogP contribution in [0.3, 0.4) is 0 Å². The van der Waals surface area contributed by atoms with Gasteiger partial charge in [0.1, 0.15) is 11.9 Å². The Hall–Kier alpha value is -2.20. The third-order valence-electron chi connectivity index (χ3n) is 4.46. The zero-order valence-corrected chi connectivity index (χ0v) is 14.1. The fourth-order valence-electron chi connectivity index (χ4n) is 2.90. The van der Waals surface area contributed by atoms with Crippen molar-refractivity contribution in [2.24, 2.45) is 0 Å². The number of carbonyl (C=O) groups excluding carboxylic acids is 1. The second-order valence-corrected chi connectivity index (χ2v) is 6.51. The van der Waals surface area contributed by atoms with Crippen LogP contribution in [0.5, 0.6) is 0 Å². The van der Waals surface area contributed by atoms with Gasteiger partial charge in [0.15, 0.2) is 0 Å². The lowest BCUT2D eigenvalue weighted by Gasteiger charge is -2.24. The number of hydrogen-bond acceptors (Lipinski definition) is 2. The number of benzene rings is 2. The highest BCUT2D eigenvalue weighted by Gasteiger charge is 2.29. The summed E-state index contributed by atoms with van der Waals surface area (Å²) in [6.45, 7) is 4.11. The van der Waals surface area contributed by atoms with Crippen LogP contribution in [0.15, 0.2) is 48.5 Å².